The van der Waals surface area contributed by atoms with E-state index in [9.17, 15) is 4.39 Å². The van der Waals surface area contributed by atoms with E-state index in [2.05, 4.69) is 40.1 Å². The third kappa shape index (κ3) is 5.83. The molecule has 0 radical (unpaired) electrons. The van der Waals surface area contributed by atoms with Crippen molar-refractivity contribution in [2.24, 2.45) is 0 Å². The molecule has 5 aromatic rings. The molecule has 2 fully saturated rings. The van der Waals surface area contributed by atoms with Gasteiger partial charge in [0.25, 0.3) is 0 Å². The fourth-order valence-electron chi connectivity index (χ4n) is 5.47. The molecule has 216 valence electrons. The highest BCUT2D eigenvalue weighted by Crippen LogP contribution is 2.26. The molecule has 0 aliphatic carbocycles. The van der Waals surface area contributed by atoms with E-state index in [1.165, 1.54) is 6.07 Å². The summed E-state index contributed by atoms with van der Waals surface area (Å²) in [5, 5.41) is 14.4. The molecule has 11 nitrogen and oxygen atoms in total. The van der Waals surface area contributed by atoms with Crippen LogP contribution in [0.4, 0.5) is 4.39 Å². The minimum absolute atomic E-state index is 0.0562. The van der Waals surface area contributed by atoms with Crippen LogP contribution in [0.15, 0.2) is 48.7 Å². The van der Waals surface area contributed by atoms with E-state index >= 15 is 0 Å². The Morgan fingerprint density at radius 2 is 1.98 bits per heavy atom. The summed E-state index contributed by atoms with van der Waals surface area (Å²) in [4.78, 5) is 16.6. The number of benzene rings is 1. The van der Waals surface area contributed by atoms with Crippen molar-refractivity contribution in [3.63, 3.8) is 0 Å². The SMILES string of the molecule is Fc1cc(Cl)ccc1Cc1cccc(OC2CCN(Cc3nc4cc(-c5nnn[nH]5)ncc4n3CC3CCO3)CC2)n1. The van der Waals surface area contributed by atoms with Gasteiger partial charge in [0.2, 0.25) is 5.88 Å². The number of pyridine rings is 2. The summed E-state index contributed by atoms with van der Waals surface area (Å²) >= 11 is 5.89. The lowest BCUT2D eigenvalue weighted by Crippen LogP contribution is -2.39. The Balaban J connectivity index is 1.00. The Labute approximate surface area is 246 Å². The first-order valence-corrected chi connectivity index (χ1v) is 14.4. The highest BCUT2D eigenvalue weighted by atomic mass is 35.5. The standard InChI is InChI=1S/C29H29ClFN9O2/c30-19-5-4-18(23(31)13-19)12-20-2-1-3-28(33-20)42-21-6-9-39(10-7-21)17-27-34-24-14-25(29-35-37-38-36-29)32-15-26(24)40(27)16-22-8-11-41-22/h1-5,13-15,21-22H,6-12,16-17H2,(H,35,36,37,38). The molecule has 4 aromatic heterocycles. The van der Waals surface area contributed by atoms with E-state index in [-0.39, 0.29) is 18.0 Å². The number of likely N-dealkylation sites (tertiary alicyclic amines) is 1. The number of piperidine rings is 1. The van der Waals surface area contributed by atoms with Crippen LogP contribution in [0.1, 0.15) is 36.3 Å². The Bertz CT molecular complexity index is 1680. The number of halogens is 2. The minimum atomic E-state index is -0.333. The molecule has 1 unspecified atom stereocenters. The number of H-pyrrole nitrogens is 1. The number of nitrogens with one attached hydrogen (secondary N) is 1. The molecular weight excluding hydrogens is 561 g/mol. The summed E-state index contributed by atoms with van der Waals surface area (Å²) in [5.41, 5.74) is 3.78. The second-order valence-corrected chi connectivity index (χ2v) is 11.1. The van der Waals surface area contributed by atoms with Crippen LogP contribution in [0, 0.1) is 5.82 Å². The van der Waals surface area contributed by atoms with Crippen LogP contribution in [0.3, 0.4) is 0 Å². The number of imidazole rings is 1. The summed E-state index contributed by atoms with van der Waals surface area (Å²) in [6, 6.07) is 12.3. The van der Waals surface area contributed by atoms with Gasteiger partial charge < -0.3 is 14.0 Å². The van der Waals surface area contributed by atoms with Crippen LogP contribution in [0.5, 0.6) is 5.88 Å². The highest BCUT2D eigenvalue weighted by molar-refractivity contribution is 6.30. The van der Waals surface area contributed by atoms with Gasteiger partial charge in [0.15, 0.2) is 5.82 Å². The maximum absolute atomic E-state index is 14.3. The predicted octanol–water partition coefficient (Wildman–Crippen LogP) is 4.22. The Kier molecular flexibility index (Phi) is 7.49. The maximum atomic E-state index is 14.3. The van der Waals surface area contributed by atoms with Crippen LogP contribution in [0.25, 0.3) is 22.6 Å². The van der Waals surface area contributed by atoms with Crippen LogP contribution in [0.2, 0.25) is 5.02 Å². The zero-order valence-corrected chi connectivity index (χ0v) is 23.5. The summed E-state index contributed by atoms with van der Waals surface area (Å²) < 4.78 is 28.5. The van der Waals surface area contributed by atoms with E-state index < -0.39 is 0 Å². The average Bonchev–Trinajstić information content (AvgIpc) is 3.62. The Morgan fingerprint density at radius 3 is 2.74 bits per heavy atom. The fourth-order valence-corrected chi connectivity index (χ4v) is 5.62. The van der Waals surface area contributed by atoms with Crippen molar-refractivity contribution in [3.8, 4) is 17.4 Å². The topological polar surface area (TPSA) is 120 Å². The van der Waals surface area contributed by atoms with Crippen LogP contribution < -0.4 is 4.74 Å². The molecule has 6 heterocycles. The van der Waals surface area contributed by atoms with Crippen LogP contribution >= 0.6 is 11.6 Å². The predicted molar refractivity (Wildman–Crippen MR) is 152 cm³/mol. The van der Waals surface area contributed by atoms with E-state index in [0.29, 0.717) is 40.9 Å². The van der Waals surface area contributed by atoms with Crippen LogP contribution in [-0.4, -0.2) is 76.9 Å². The summed E-state index contributed by atoms with van der Waals surface area (Å²) in [5.74, 6) is 1.72. The molecule has 0 spiro atoms. The first-order valence-electron chi connectivity index (χ1n) is 14.1. The fraction of sp³-hybridized carbons (Fsp3) is 0.379. The molecule has 1 aromatic carbocycles. The number of hydrogen-bond donors (Lipinski definition) is 1. The summed E-state index contributed by atoms with van der Waals surface area (Å²) in [7, 11) is 0. The number of tetrazole rings is 1. The molecule has 2 aliphatic rings. The number of hydrogen-bond acceptors (Lipinski definition) is 9. The number of aromatic nitrogens is 8. The van der Waals surface area contributed by atoms with Crippen molar-refractivity contribution in [2.75, 3.05) is 19.7 Å². The lowest BCUT2D eigenvalue weighted by atomic mass is 10.1. The lowest BCUT2D eigenvalue weighted by molar-refractivity contribution is -0.0592. The zero-order valence-electron chi connectivity index (χ0n) is 22.8. The van der Waals surface area contributed by atoms with Crippen molar-refractivity contribution in [1.29, 1.82) is 0 Å². The minimum Gasteiger partial charge on any atom is -0.474 e. The zero-order chi connectivity index (χ0) is 28.5. The molecule has 0 saturated carbocycles. The Morgan fingerprint density at radius 1 is 1.10 bits per heavy atom. The molecule has 1 N–H and O–H groups in total. The van der Waals surface area contributed by atoms with E-state index in [1.54, 1.807) is 12.1 Å². The normalized spacial score (nSPS) is 17.9. The third-order valence-corrected chi connectivity index (χ3v) is 8.07. The first kappa shape index (κ1) is 26.9. The van der Waals surface area contributed by atoms with Crippen molar-refractivity contribution in [3.05, 3.63) is 76.6 Å². The van der Waals surface area contributed by atoms with Gasteiger partial charge in [-0.05, 0) is 59.5 Å². The number of fused-ring (bicyclic) bond motifs is 1. The number of aromatic amines is 1. The van der Waals surface area contributed by atoms with Gasteiger partial charge in [0.1, 0.15) is 23.4 Å². The molecule has 13 heteroatoms. The average molecular weight is 590 g/mol. The molecule has 2 aliphatic heterocycles. The molecule has 7 rings (SSSR count). The van der Waals surface area contributed by atoms with E-state index in [0.717, 1.165) is 68.1 Å². The van der Waals surface area contributed by atoms with E-state index in [1.807, 2.05) is 30.5 Å². The number of nitrogens with zero attached hydrogens (tertiary/aromatic N) is 8. The molecule has 2 saturated heterocycles. The molecule has 0 bridgehead atoms. The van der Waals surface area contributed by atoms with Crippen molar-refractivity contribution in [2.45, 2.75) is 51.0 Å². The van der Waals surface area contributed by atoms with E-state index in [4.69, 9.17) is 26.1 Å². The first-order chi connectivity index (χ1) is 20.6. The van der Waals surface area contributed by atoms with Gasteiger partial charge in [-0.25, -0.2) is 19.5 Å². The number of rotatable bonds is 9. The van der Waals surface area contributed by atoms with Gasteiger partial charge in [-0.1, -0.05) is 23.7 Å². The smallest absolute Gasteiger partial charge is 0.213 e. The highest BCUT2D eigenvalue weighted by Gasteiger charge is 2.26. The third-order valence-electron chi connectivity index (χ3n) is 7.84. The molecule has 42 heavy (non-hydrogen) atoms. The lowest BCUT2D eigenvalue weighted by Gasteiger charge is -2.32. The second kappa shape index (κ2) is 11.7. The molecule has 1 atom stereocenters. The second-order valence-electron chi connectivity index (χ2n) is 10.7. The van der Waals surface area contributed by atoms with Gasteiger partial charge in [-0.3, -0.25) is 9.88 Å². The summed E-state index contributed by atoms with van der Waals surface area (Å²) in [6.45, 7) is 4.01. The van der Waals surface area contributed by atoms with Crippen molar-refractivity contribution < 1.29 is 13.9 Å². The monoisotopic (exact) mass is 589 g/mol. The quantitative estimate of drug-likeness (QED) is 0.269. The molecular formula is C29H29ClFN9O2. The van der Waals surface area contributed by atoms with Crippen molar-refractivity contribution in [1.82, 2.24) is 45.0 Å². The van der Waals surface area contributed by atoms with Gasteiger partial charge >= 0.3 is 0 Å². The maximum Gasteiger partial charge on any atom is 0.213 e. The number of ether oxygens (including phenoxy) is 2. The van der Waals surface area contributed by atoms with Gasteiger partial charge in [-0.2, -0.15) is 0 Å². The van der Waals surface area contributed by atoms with Gasteiger partial charge in [-0.15, -0.1) is 5.10 Å². The van der Waals surface area contributed by atoms with Gasteiger partial charge in [0, 0.05) is 42.9 Å². The molecule has 0 amide bonds. The van der Waals surface area contributed by atoms with Crippen LogP contribution in [-0.2, 0) is 24.2 Å². The largest absolute Gasteiger partial charge is 0.474 e. The summed E-state index contributed by atoms with van der Waals surface area (Å²) in [6.07, 6.45) is 5.24. The van der Waals surface area contributed by atoms with Gasteiger partial charge in [0.05, 0.1) is 36.4 Å². The van der Waals surface area contributed by atoms with Crippen molar-refractivity contribution >= 4 is 22.6 Å². The Hall–Kier alpha value is -4.00.